The van der Waals surface area contributed by atoms with Crippen LogP contribution in [0.2, 0.25) is 0 Å². The van der Waals surface area contributed by atoms with Gasteiger partial charge >= 0.3 is 0 Å². The lowest BCUT2D eigenvalue weighted by Gasteiger charge is -2.14. The van der Waals surface area contributed by atoms with Gasteiger partial charge in [-0.1, -0.05) is 30.3 Å². The number of aromatic nitrogens is 2. The van der Waals surface area contributed by atoms with E-state index in [0.29, 0.717) is 0 Å². The molecule has 106 valence electrons. The van der Waals surface area contributed by atoms with Crippen molar-refractivity contribution in [2.45, 2.75) is 19.4 Å². The topological polar surface area (TPSA) is 21.1 Å². The van der Waals surface area contributed by atoms with Crippen LogP contribution in [-0.2, 0) is 6.54 Å². The second-order valence-corrected chi connectivity index (χ2v) is 5.78. The fraction of sp³-hybridized carbons (Fsp3) is 0.278. The summed E-state index contributed by atoms with van der Waals surface area (Å²) in [5, 5.41) is 5.80. The molecule has 0 amide bonds. The minimum Gasteiger partial charge on any atom is -0.299 e. The van der Waals surface area contributed by atoms with Crippen molar-refractivity contribution in [2.75, 3.05) is 13.1 Å². The summed E-state index contributed by atoms with van der Waals surface area (Å²) in [5.74, 6) is 0. The van der Waals surface area contributed by atoms with E-state index < -0.39 is 0 Å². The van der Waals surface area contributed by atoms with Crippen molar-refractivity contribution in [3.05, 3.63) is 60.3 Å². The summed E-state index contributed by atoms with van der Waals surface area (Å²) in [6, 6.07) is 17.0. The summed E-state index contributed by atoms with van der Waals surface area (Å²) in [6.45, 7) is 3.56. The van der Waals surface area contributed by atoms with E-state index >= 15 is 0 Å². The van der Waals surface area contributed by atoms with Gasteiger partial charge in [0.2, 0.25) is 0 Å². The molecule has 3 heteroatoms. The highest BCUT2D eigenvalue weighted by Crippen LogP contribution is 2.17. The molecule has 3 aromatic rings. The van der Waals surface area contributed by atoms with Crippen LogP contribution in [0.4, 0.5) is 0 Å². The van der Waals surface area contributed by atoms with Crippen LogP contribution in [0.15, 0.2) is 54.7 Å². The minimum atomic E-state index is 1.04. The number of nitrogens with zero attached hydrogens (tertiary/aromatic N) is 3. The van der Waals surface area contributed by atoms with Crippen LogP contribution >= 0.6 is 0 Å². The lowest BCUT2D eigenvalue weighted by Crippen LogP contribution is -2.18. The number of rotatable bonds is 3. The van der Waals surface area contributed by atoms with E-state index in [0.717, 1.165) is 17.7 Å². The quantitative estimate of drug-likeness (QED) is 0.729. The van der Waals surface area contributed by atoms with Crippen LogP contribution < -0.4 is 0 Å². The predicted molar refractivity (Wildman–Crippen MR) is 85.6 cm³/mol. The Hall–Kier alpha value is -2.13. The van der Waals surface area contributed by atoms with Crippen LogP contribution in [-0.4, -0.2) is 27.8 Å². The van der Waals surface area contributed by atoms with E-state index in [1.807, 2.05) is 22.9 Å². The molecule has 0 N–H and O–H groups in total. The largest absolute Gasteiger partial charge is 0.299 e. The van der Waals surface area contributed by atoms with Crippen molar-refractivity contribution in [1.29, 1.82) is 0 Å². The SMILES string of the molecule is c1ccc2nn(-c3ccc(CN4CCCC4)cc3)cc2c1. The molecule has 2 heterocycles. The van der Waals surface area contributed by atoms with Gasteiger partial charge in [0.1, 0.15) is 0 Å². The minimum absolute atomic E-state index is 1.04. The molecule has 0 atom stereocenters. The summed E-state index contributed by atoms with van der Waals surface area (Å²) < 4.78 is 1.96. The predicted octanol–water partition coefficient (Wildman–Crippen LogP) is 3.62. The monoisotopic (exact) mass is 277 g/mol. The Kier molecular flexibility index (Phi) is 3.20. The highest BCUT2D eigenvalue weighted by atomic mass is 15.3. The van der Waals surface area contributed by atoms with Crippen LogP contribution in [0, 0.1) is 0 Å². The number of hydrogen-bond acceptors (Lipinski definition) is 2. The Bertz CT molecular complexity index is 704. The number of benzene rings is 2. The molecule has 21 heavy (non-hydrogen) atoms. The zero-order valence-electron chi connectivity index (χ0n) is 12.1. The van der Waals surface area contributed by atoms with Crippen LogP contribution in [0.1, 0.15) is 18.4 Å². The van der Waals surface area contributed by atoms with Crippen molar-refractivity contribution < 1.29 is 0 Å². The third-order valence-electron chi connectivity index (χ3n) is 4.22. The maximum absolute atomic E-state index is 4.62. The normalized spacial score (nSPS) is 15.8. The Morgan fingerprint density at radius 1 is 0.905 bits per heavy atom. The first-order chi connectivity index (χ1) is 10.4. The van der Waals surface area contributed by atoms with E-state index in [2.05, 4.69) is 46.5 Å². The van der Waals surface area contributed by atoms with E-state index in [9.17, 15) is 0 Å². The Morgan fingerprint density at radius 3 is 2.43 bits per heavy atom. The second-order valence-electron chi connectivity index (χ2n) is 5.78. The lowest BCUT2D eigenvalue weighted by atomic mass is 10.2. The summed E-state index contributed by atoms with van der Waals surface area (Å²) in [7, 11) is 0. The first kappa shape index (κ1) is 12.6. The summed E-state index contributed by atoms with van der Waals surface area (Å²) in [6.07, 6.45) is 4.78. The number of hydrogen-bond donors (Lipinski definition) is 0. The average Bonchev–Trinajstić information content (AvgIpc) is 3.16. The van der Waals surface area contributed by atoms with Crippen molar-refractivity contribution >= 4 is 10.9 Å². The average molecular weight is 277 g/mol. The molecular weight excluding hydrogens is 258 g/mol. The van der Waals surface area contributed by atoms with Crippen LogP contribution in [0.25, 0.3) is 16.6 Å². The molecule has 1 saturated heterocycles. The molecule has 4 rings (SSSR count). The number of fused-ring (bicyclic) bond motifs is 1. The maximum Gasteiger partial charge on any atom is 0.0927 e. The van der Waals surface area contributed by atoms with E-state index in [1.54, 1.807) is 0 Å². The maximum atomic E-state index is 4.62. The van der Waals surface area contributed by atoms with E-state index in [1.165, 1.54) is 36.9 Å². The Labute approximate surface area is 124 Å². The molecule has 3 nitrogen and oxygen atoms in total. The van der Waals surface area contributed by atoms with Gasteiger partial charge in [-0.2, -0.15) is 5.10 Å². The molecule has 0 radical (unpaired) electrons. The molecule has 1 aromatic heterocycles. The third kappa shape index (κ3) is 2.57. The smallest absolute Gasteiger partial charge is 0.0927 e. The molecule has 0 spiro atoms. The van der Waals surface area contributed by atoms with Crippen molar-refractivity contribution in [3.8, 4) is 5.69 Å². The van der Waals surface area contributed by atoms with Gasteiger partial charge in [-0.05, 0) is 49.7 Å². The highest BCUT2D eigenvalue weighted by Gasteiger charge is 2.11. The third-order valence-corrected chi connectivity index (χ3v) is 4.22. The van der Waals surface area contributed by atoms with Gasteiger partial charge in [-0.3, -0.25) is 4.90 Å². The van der Waals surface area contributed by atoms with Gasteiger partial charge in [0, 0.05) is 18.1 Å². The van der Waals surface area contributed by atoms with Gasteiger partial charge in [0.05, 0.1) is 11.2 Å². The van der Waals surface area contributed by atoms with Crippen molar-refractivity contribution in [3.63, 3.8) is 0 Å². The highest BCUT2D eigenvalue weighted by molar-refractivity contribution is 5.78. The number of likely N-dealkylation sites (tertiary alicyclic amines) is 1. The standard InChI is InChI=1S/C18H19N3/c1-2-6-18-16(5-1)14-21(19-18)17-9-7-15(8-10-17)13-20-11-3-4-12-20/h1-2,5-10,14H,3-4,11-13H2. The molecule has 0 aliphatic carbocycles. The fourth-order valence-corrected chi connectivity index (χ4v) is 3.05. The Morgan fingerprint density at radius 2 is 1.67 bits per heavy atom. The molecule has 0 saturated carbocycles. The summed E-state index contributed by atoms with van der Waals surface area (Å²) >= 11 is 0. The van der Waals surface area contributed by atoms with E-state index in [-0.39, 0.29) is 0 Å². The van der Waals surface area contributed by atoms with Gasteiger partial charge in [-0.15, -0.1) is 0 Å². The van der Waals surface area contributed by atoms with Crippen molar-refractivity contribution in [1.82, 2.24) is 14.7 Å². The zero-order chi connectivity index (χ0) is 14.1. The lowest BCUT2D eigenvalue weighted by molar-refractivity contribution is 0.331. The molecule has 2 aromatic carbocycles. The molecular formula is C18H19N3. The van der Waals surface area contributed by atoms with E-state index in [4.69, 9.17) is 0 Å². The first-order valence-corrected chi connectivity index (χ1v) is 7.65. The van der Waals surface area contributed by atoms with Crippen LogP contribution in [0.3, 0.4) is 0 Å². The molecule has 0 unspecified atom stereocenters. The van der Waals surface area contributed by atoms with Gasteiger partial charge in [-0.25, -0.2) is 4.68 Å². The van der Waals surface area contributed by atoms with Gasteiger partial charge in [0.25, 0.3) is 0 Å². The zero-order valence-corrected chi connectivity index (χ0v) is 12.1. The molecule has 1 aliphatic rings. The van der Waals surface area contributed by atoms with Crippen LogP contribution in [0.5, 0.6) is 0 Å². The fourth-order valence-electron chi connectivity index (χ4n) is 3.05. The Balaban J connectivity index is 1.57. The first-order valence-electron chi connectivity index (χ1n) is 7.65. The molecule has 1 fully saturated rings. The van der Waals surface area contributed by atoms with Gasteiger partial charge < -0.3 is 0 Å². The van der Waals surface area contributed by atoms with Crippen molar-refractivity contribution in [2.24, 2.45) is 0 Å². The molecule has 0 bridgehead atoms. The summed E-state index contributed by atoms with van der Waals surface area (Å²) in [5.41, 5.74) is 3.55. The summed E-state index contributed by atoms with van der Waals surface area (Å²) in [4.78, 5) is 2.53. The molecule has 1 aliphatic heterocycles. The second kappa shape index (κ2) is 5.34. The van der Waals surface area contributed by atoms with Gasteiger partial charge in [0.15, 0.2) is 0 Å².